The van der Waals surface area contributed by atoms with Gasteiger partial charge in [0.25, 0.3) is 5.69 Å². The second-order valence-electron chi connectivity index (χ2n) is 3.64. The van der Waals surface area contributed by atoms with Crippen LogP contribution in [0.25, 0.3) is 11.1 Å². The molecule has 0 aromatic heterocycles. The first kappa shape index (κ1) is 14.4. The first-order valence-corrected chi connectivity index (χ1v) is 6.51. The molecule has 2 rings (SSSR count). The molecule has 2 aromatic carbocycles. The molecule has 0 spiro atoms. The zero-order valence-electron chi connectivity index (χ0n) is 9.16. The Morgan fingerprint density at radius 2 is 1.53 bits per heavy atom. The molecule has 98 valence electrons. The van der Waals surface area contributed by atoms with Crippen molar-refractivity contribution in [3.63, 3.8) is 0 Å². The van der Waals surface area contributed by atoms with Gasteiger partial charge in [-0.25, -0.2) is 0 Å². The average Bonchev–Trinajstić information content (AvgIpc) is 2.34. The molecule has 3 nitrogen and oxygen atoms in total. The molecule has 0 fully saturated rings. The molecule has 19 heavy (non-hydrogen) atoms. The molecule has 0 aliphatic carbocycles. The Morgan fingerprint density at radius 3 is 2.11 bits per heavy atom. The van der Waals surface area contributed by atoms with Crippen molar-refractivity contribution in [2.75, 3.05) is 0 Å². The number of hydrogen-bond donors (Lipinski definition) is 0. The second kappa shape index (κ2) is 5.55. The number of nitro groups is 1. The molecule has 7 heteroatoms. The Morgan fingerprint density at radius 1 is 0.895 bits per heavy atom. The summed E-state index contributed by atoms with van der Waals surface area (Å²) in [5, 5.41) is 11.7. The number of hydrogen-bond acceptors (Lipinski definition) is 2. The van der Waals surface area contributed by atoms with Gasteiger partial charge in [0.2, 0.25) is 0 Å². The summed E-state index contributed by atoms with van der Waals surface area (Å²) < 4.78 is 0. The molecule has 2 aromatic rings. The fourth-order valence-corrected chi connectivity index (χ4v) is 2.60. The summed E-state index contributed by atoms with van der Waals surface area (Å²) in [5.74, 6) is 0. The highest BCUT2D eigenvalue weighted by Crippen LogP contribution is 2.40. The minimum atomic E-state index is -0.562. The third-order valence-corrected chi connectivity index (χ3v) is 3.90. The lowest BCUT2D eigenvalue weighted by atomic mass is 10.1. The van der Waals surface area contributed by atoms with E-state index in [9.17, 15) is 10.1 Å². The van der Waals surface area contributed by atoms with Gasteiger partial charge in [-0.05, 0) is 29.8 Å². The van der Waals surface area contributed by atoms with Crippen molar-refractivity contribution < 1.29 is 4.92 Å². The van der Waals surface area contributed by atoms with Crippen molar-refractivity contribution in [3.05, 3.63) is 60.5 Å². The van der Waals surface area contributed by atoms with Gasteiger partial charge in [-0.2, -0.15) is 0 Å². The first-order valence-electron chi connectivity index (χ1n) is 4.99. The summed E-state index contributed by atoms with van der Waals surface area (Å²) in [6.07, 6.45) is 0. The van der Waals surface area contributed by atoms with Crippen LogP contribution in [0.5, 0.6) is 0 Å². The van der Waals surface area contributed by atoms with E-state index in [1.807, 2.05) is 0 Å². The summed E-state index contributed by atoms with van der Waals surface area (Å²) in [4.78, 5) is 10.1. The first-order chi connectivity index (χ1) is 8.91. The van der Waals surface area contributed by atoms with Crippen molar-refractivity contribution in [3.8, 4) is 11.1 Å². The molecule has 0 unspecified atom stereocenters. The number of benzene rings is 2. The van der Waals surface area contributed by atoms with E-state index in [2.05, 4.69) is 0 Å². The van der Waals surface area contributed by atoms with Gasteiger partial charge in [-0.1, -0.05) is 46.4 Å². The summed E-state index contributed by atoms with van der Waals surface area (Å²) >= 11 is 23.9. The standard InChI is InChI=1S/C12H5Cl4NO2/c13-7-2-3-8(14)12(16)11(7)6-1-4-10(17(18)19)9(15)5-6/h1-5H. The van der Waals surface area contributed by atoms with Crippen LogP contribution < -0.4 is 0 Å². The number of nitrogens with zero attached hydrogens (tertiary/aromatic N) is 1. The van der Waals surface area contributed by atoms with E-state index >= 15 is 0 Å². The van der Waals surface area contributed by atoms with Crippen LogP contribution in [0.15, 0.2) is 30.3 Å². The van der Waals surface area contributed by atoms with Crippen molar-refractivity contribution in [2.24, 2.45) is 0 Å². The van der Waals surface area contributed by atoms with Gasteiger partial charge in [-0.3, -0.25) is 10.1 Å². The van der Waals surface area contributed by atoms with Gasteiger partial charge in [0.1, 0.15) is 5.02 Å². The number of nitro benzene ring substituents is 1. The van der Waals surface area contributed by atoms with Gasteiger partial charge < -0.3 is 0 Å². The third kappa shape index (κ3) is 2.79. The van der Waals surface area contributed by atoms with Crippen LogP contribution >= 0.6 is 46.4 Å². The SMILES string of the molecule is O=[N+]([O-])c1ccc(-c2c(Cl)ccc(Cl)c2Cl)cc1Cl. The minimum Gasteiger partial charge on any atom is -0.258 e. The van der Waals surface area contributed by atoms with Crippen molar-refractivity contribution in [1.29, 1.82) is 0 Å². The molecular formula is C12H5Cl4NO2. The van der Waals surface area contributed by atoms with Crippen LogP contribution in [0.2, 0.25) is 20.1 Å². The van der Waals surface area contributed by atoms with Gasteiger partial charge in [0.15, 0.2) is 0 Å². The van der Waals surface area contributed by atoms with E-state index in [1.54, 1.807) is 12.1 Å². The van der Waals surface area contributed by atoms with Crippen LogP contribution in [0, 0.1) is 10.1 Å². The molecule has 0 aliphatic rings. The van der Waals surface area contributed by atoms with Gasteiger partial charge in [0.05, 0.1) is 15.0 Å². The van der Waals surface area contributed by atoms with Crippen molar-refractivity contribution in [2.45, 2.75) is 0 Å². The number of rotatable bonds is 2. The third-order valence-electron chi connectivity index (χ3n) is 2.48. The maximum absolute atomic E-state index is 10.7. The number of halogens is 4. The van der Waals surface area contributed by atoms with Gasteiger partial charge >= 0.3 is 0 Å². The lowest BCUT2D eigenvalue weighted by Crippen LogP contribution is -1.90. The Balaban J connectivity index is 2.64. The predicted octanol–water partition coefficient (Wildman–Crippen LogP) is 5.88. The van der Waals surface area contributed by atoms with E-state index in [-0.39, 0.29) is 15.7 Å². The molecule has 0 amide bonds. The Hall–Kier alpha value is -1.000. The van der Waals surface area contributed by atoms with Crippen molar-refractivity contribution >= 4 is 52.1 Å². The smallest absolute Gasteiger partial charge is 0.258 e. The van der Waals surface area contributed by atoms with Crippen LogP contribution in [0.1, 0.15) is 0 Å². The molecule has 0 heterocycles. The van der Waals surface area contributed by atoms with E-state index in [1.165, 1.54) is 18.2 Å². The quantitative estimate of drug-likeness (QED) is 0.390. The normalized spacial score (nSPS) is 10.5. The zero-order valence-corrected chi connectivity index (χ0v) is 12.2. The molecule has 0 saturated heterocycles. The largest absolute Gasteiger partial charge is 0.287 e. The maximum atomic E-state index is 10.7. The van der Waals surface area contributed by atoms with Crippen molar-refractivity contribution in [1.82, 2.24) is 0 Å². The van der Waals surface area contributed by atoms with E-state index in [0.29, 0.717) is 21.2 Å². The maximum Gasteiger partial charge on any atom is 0.287 e. The predicted molar refractivity (Wildman–Crippen MR) is 78.6 cm³/mol. The monoisotopic (exact) mass is 335 g/mol. The highest BCUT2D eigenvalue weighted by Gasteiger charge is 2.16. The zero-order chi connectivity index (χ0) is 14.2. The minimum absolute atomic E-state index is 0.00890. The van der Waals surface area contributed by atoms with E-state index in [0.717, 1.165) is 0 Å². The molecule has 0 bridgehead atoms. The highest BCUT2D eigenvalue weighted by molar-refractivity contribution is 6.46. The fourth-order valence-electron chi connectivity index (χ4n) is 1.60. The van der Waals surface area contributed by atoms with Crippen LogP contribution in [0.4, 0.5) is 5.69 Å². The van der Waals surface area contributed by atoms with E-state index in [4.69, 9.17) is 46.4 Å². The molecular weight excluding hydrogens is 332 g/mol. The highest BCUT2D eigenvalue weighted by atomic mass is 35.5. The average molecular weight is 337 g/mol. The molecule has 0 radical (unpaired) electrons. The summed E-state index contributed by atoms with van der Waals surface area (Å²) in [6.45, 7) is 0. The van der Waals surface area contributed by atoms with Gasteiger partial charge in [-0.15, -0.1) is 0 Å². The van der Waals surface area contributed by atoms with Crippen LogP contribution in [0.3, 0.4) is 0 Å². The van der Waals surface area contributed by atoms with Crippen LogP contribution in [-0.2, 0) is 0 Å². The van der Waals surface area contributed by atoms with Gasteiger partial charge in [0, 0.05) is 16.7 Å². The molecule has 0 saturated carbocycles. The second-order valence-corrected chi connectivity index (χ2v) is 5.24. The van der Waals surface area contributed by atoms with E-state index < -0.39 is 4.92 Å². The van der Waals surface area contributed by atoms with Crippen LogP contribution in [-0.4, -0.2) is 4.92 Å². The lowest BCUT2D eigenvalue weighted by Gasteiger charge is -2.09. The summed E-state index contributed by atoms with van der Waals surface area (Å²) in [5.41, 5.74) is 0.875. The topological polar surface area (TPSA) is 43.1 Å². The molecule has 0 atom stereocenters. The molecule has 0 N–H and O–H groups in total. The Bertz CT molecular complexity index is 673. The summed E-state index contributed by atoms with van der Waals surface area (Å²) in [7, 11) is 0. The lowest BCUT2D eigenvalue weighted by molar-refractivity contribution is -0.384. The molecule has 0 aliphatic heterocycles. The fraction of sp³-hybridized carbons (Fsp3) is 0. The Kier molecular flexibility index (Phi) is 4.21. The Labute approximate surface area is 128 Å². The summed E-state index contributed by atoms with van der Waals surface area (Å²) in [6, 6.07) is 7.42.